The Balaban J connectivity index is 1.79. The molecule has 0 aliphatic heterocycles. The van der Waals surface area contributed by atoms with E-state index in [2.05, 4.69) is 20.0 Å². The monoisotopic (exact) mass is 411 g/mol. The van der Waals surface area contributed by atoms with Gasteiger partial charge in [0.05, 0.1) is 11.4 Å². The molecule has 0 radical (unpaired) electrons. The fraction of sp³-hybridized carbons (Fsp3) is 0.150. The smallest absolute Gasteiger partial charge is 0.259 e. The van der Waals surface area contributed by atoms with Crippen LogP contribution in [0.3, 0.4) is 0 Å². The molecule has 2 aromatic carbocycles. The van der Waals surface area contributed by atoms with Crippen molar-refractivity contribution in [2.75, 3.05) is 22.0 Å². The second kappa shape index (κ2) is 9.26. The molecule has 0 amide bonds. The summed E-state index contributed by atoms with van der Waals surface area (Å²) < 4.78 is 22.6. The summed E-state index contributed by atoms with van der Waals surface area (Å²) in [6.07, 6.45) is 2.04. The first-order valence-electron chi connectivity index (χ1n) is 8.81. The van der Waals surface area contributed by atoms with Crippen molar-refractivity contribution in [3.63, 3.8) is 0 Å². The highest BCUT2D eigenvalue weighted by Crippen LogP contribution is 2.26. The lowest BCUT2D eigenvalue weighted by atomic mass is 10.1. The first-order valence-corrected chi connectivity index (χ1v) is 9.92. The molecular weight excluding hydrogens is 390 g/mol. The van der Waals surface area contributed by atoms with Gasteiger partial charge in [-0.25, -0.2) is 9.19 Å². The highest BCUT2D eigenvalue weighted by Gasteiger charge is 2.10. The number of anilines is 5. The number of rotatable bonds is 8. The van der Waals surface area contributed by atoms with Crippen molar-refractivity contribution >= 4 is 45.9 Å². The minimum Gasteiger partial charge on any atom is -0.329 e. The molecule has 29 heavy (non-hydrogen) atoms. The van der Waals surface area contributed by atoms with E-state index in [-0.39, 0.29) is 5.78 Å². The van der Waals surface area contributed by atoms with Crippen molar-refractivity contribution in [1.29, 1.82) is 0 Å². The largest absolute Gasteiger partial charge is 0.329 e. The first kappa shape index (κ1) is 20.4. The molecule has 1 atom stereocenters. The van der Waals surface area contributed by atoms with Gasteiger partial charge in [0.1, 0.15) is 11.6 Å². The van der Waals surface area contributed by atoms with Gasteiger partial charge in [-0.1, -0.05) is 24.3 Å². The molecule has 0 spiro atoms. The minimum atomic E-state index is -2.19. The van der Waals surface area contributed by atoms with Gasteiger partial charge in [0.2, 0.25) is 5.95 Å². The highest BCUT2D eigenvalue weighted by molar-refractivity contribution is 7.80. The molecule has 1 heterocycles. The zero-order chi connectivity index (χ0) is 20.8. The molecule has 0 saturated heterocycles. The normalized spacial score (nSPS) is 11.6. The maximum Gasteiger partial charge on any atom is 0.259 e. The summed E-state index contributed by atoms with van der Waals surface area (Å²) in [6.45, 7) is 1.57. The summed E-state index contributed by atoms with van der Waals surface area (Å²) >= 11 is -2.19. The van der Waals surface area contributed by atoms with Crippen LogP contribution in [0.1, 0.15) is 12.5 Å². The first-order chi connectivity index (χ1) is 13.9. The van der Waals surface area contributed by atoms with Crippen molar-refractivity contribution in [3.8, 4) is 0 Å². The molecule has 0 fully saturated rings. The number of ketones is 1. The third kappa shape index (κ3) is 5.59. The highest BCUT2D eigenvalue weighted by atomic mass is 32.2. The Labute approximate surface area is 171 Å². The van der Waals surface area contributed by atoms with Crippen LogP contribution in [0.25, 0.3) is 0 Å². The second-order valence-corrected chi connectivity index (χ2v) is 7.07. The maximum absolute atomic E-state index is 11.3. The number of aromatic nitrogens is 2. The summed E-state index contributed by atoms with van der Waals surface area (Å²) in [6, 6.07) is 16.5. The molecule has 8 nitrogen and oxygen atoms in total. The van der Waals surface area contributed by atoms with Gasteiger partial charge in [0.25, 0.3) is 11.3 Å². The summed E-state index contributed by atoms with van der Waals surface area (Å²) in [5, 5.41) is 3.06. The molecule has 0 saturated carbocycles. The fourth-order valence-electron chi connectivity index (χ4n) is 2.75. The molecular formula is C20H21N5O3S. The molecule has 3 rings (SSSR count). The maximum atomic E-state index is 11.3. The number of carbonyl (C=O) groups excluding carboxylic acids is 1. The molecule has 150 valence electrons. The molecule has 3 aromatic rings. The lowest BCUT2D eigenvalue weighted by Gasteiger charge is -2.19. The Morgan fingerprint density at radius 3 is 2.45 bits per heavy atom. The number of nitrogens with zero attached hydrogens (tertiary/aromatic N) is 3. The minimum absolute atomic E-state index is 0.123. The van der Waals surface area contributed by atoms with Crippen LogP contribution in [-0.4, -0.2) is 31.6 Å². The number of para-hydroxylation sites is 2. The third-order valence-electron chi connectivity index (χ3n) is 4.13. The Bertz CT molecular complexity index is 1030. The predicted octanol–water partition coefficient (Wildman–Crippen LogP) is 3.67. The van der Waals surface area contributed by atoms with E-state index in [1.807, 2.05) is 36.2 Å². The lowest BCUT2D eigenvalue weighted by Crippen LogP contribution is -2.13. The Morgan fingerprint density at radius 2 is 1.79 bits per heavy atom. The predicted molar refractivity (Wildman–Crippen MR) is 115 cm³/mol. The van der Waals surface area contributed by atoms with Crippen LogP contribution in [0.2, 0.25) is 0 Å². The van der Waals surface area contributed by atoms with Gasteiger partial charge < -0.3 is 10.2 Å². The van der Waals surface area contributed by atoms with Gasteiger partial charge in [-0.3, -0.25) is 14.1 Å². The van der Waals surface area contributed by atoms with Crippen LogP contribution in [0.4, 0.5) is 28.8 Å². The standard InChI is InChI=1S/C20H21N5O3S/c1-14(26)13-15-7-9-16(10-8-15)25(2)19-11-12-21-20(23-19)22-17-5-3-4-6-18(17)24-29(27)28/h3-12,24H,13H2,1-2H3,(H,27,28)(H,21,22,23). The Kier molecular flexibility index (Phi) is 6.53. The molecule has 1 aromatic heterocycles. The quantitative estimate of drug-likeness (QED) is 0.486. The SMILES string of the molecule is CC(=O)Cc1ccc(N(C)c2ccnc(Nc3ccccc3NS(=O)O)n2)cc1. The fourth-order valence-corrected chi connectivity index (χ4v) is 3.12. The van der Waals surface area contributed by atoms with E-state index in [1.54, 1.807) is 43.5 Å². The number of benzene rings is 2. The molecule has 0 aliphatic rings. The number of nitrogens with one attached hydrogen (secondary N) is 2. The number of hydrogen-bond acceptors (Lipinski definition) is 6. The van der Waals surface area contributed by atoms with Crippen LogP contribution in [0.15, 0.2) is 60.8 Å². The van der Waals surface area contributed by atoms with Gasteiger partial charge in [0.15, 0.2) is 0 Å². The Hall–Kier alpha value is -3.30. The van der Waals surface area contributed by atoms with Crippen molar-refractivity contribution in [1.82, 2.24) is 9.97 Å². The van der Waals surface area contributed by atoms with E-state index < -0.39 is 11.3 Å². The van der Waals surface area contributed by atoms with Crippen molar-refractivity contribution in [2.24, 2.45) is 0 Å². The lowest BCUT2D eigenvalue weighted by molar-refractivity contribution is -0.116. The second-order valence-electron chi connectivity index (χ2n) is 6.36. The zero-order valence-corrected chi connectivity index (χ0v) is 16.8. The van der Waals surface area contributed by atoms with E-state index in [0.29, 0.717) is 29.6 Å². The number of Topliss-reactive ketones (excluding diaryl/α,β-unsaturated/α-hetero) is 1. The van der Waals surface area contributed by atoms with E-state index in [0.717, 1.165) is 11.3 Å². The summed E-state index contributed by atoms with van der Waals surface area (Å²) in [5.41, 5.74) is 2.91. The van der Waals surface area contributed by atoms with Crippen molar-refractivity contribution in [3.05, 3.63) is 66.4 Å². The van der Waals surface area contributed by atoms with Crippen molar-refractivity contribution in [2.45, 2.75) is 13.3 Å². The van der Waals surface area contributed by atoms with Crippen LogP contribution >= 0.6 is 0 Å². The van der Waals surface area contributed by atoms with Gasteiger partial charge >= 0.3 is 0 Å². The number of carbonyl (C=O) groups is 1. The summed E-state index contributed by atoms with van der Waals surface area (Å²) in [4.78, 5) is 21.9. The van der Waals surface area contributed by atoms with Gasteiger partial charge in [-0.15, -0.1) is 0 Å². The van der Waals surface area contributed by atoms with E-state index in [1.165, 1.54) is 0 Å². The summed E-state index contributed by atoms with van der Waals surface area (Å²) in [7, 11) is 1.89. The topological polar surface area (TPSA) is 107 Å². The van der Waals surface area contributed by atoms with Crippen LogP contribution in [0.5, 0.6) is 0 Å². The van der Waals surface area contributed by atoms with E-state index in [9.17, 15) is 9.00 Å². The van der Waals surface area contributed by atoms with Crippen LogP contribution in [-0.2, 0) is 22.5 Å². The average molecular weight is 411 g/mol. The average Bonchev–Trinajstić information content (AvgIpc) is 2.69. The van der Waals surface area contributed by atoms with Crippen LogP contribution < -0.4 is 14.9 Å². The van der Waals surface area contributed by atoms with Gasteiger partial charge in [-0.05, 0) is 42.8 Å². The molecule has 0 bridgehead atoms. The summed E-state index contributed by atoms with van der Waals surface area (Å²) in [5.74, 6) is 1.14. The van der Waals surface area contributed by atoms with Crippen LogP contribution in [0, 0.1) is 0 Å². The molecule has 9 heteroatoms. The zero-order valence-electron chi connectivity index (χ0n) is 16.0. The van der Waals surface area contributed by atoms with Gasteiger partial charge in [0, 0.05) is 25.4 Å². The molecule has 3 N–H and O–H groups in total. The van der Waals surface area contributed by atoms with E-state index >= 15 is 0 Å². The Morgan fingerprint density at radius 1 is 1.10 bits per heavy atom. The molecule has 1 unspecified atom stereocenters. The molecule has 0 aliphatic carbocycles. The third-order valence-corrected chi connectivity index (χ3v) is 4.53. The van der Waals surface area contributed by atoms with Crippen molar-refractivity contribution < 1.29 is 13.6 Å². The van der Waals surface area contributed by atoms with Gasteiger partial charge in [-0.2, -0.15) is 4.98 Å². The number of hydrogen-bond donors (Lipinski definition) is 3. The van der Waals surface area contributed by atoms with E-state index in [4.69, 9.17) is 4.55 Å².